The predicted octanol–water partition coefficient (Wildman–Crippen LogP) is 5.61. The molecule has 0 saturated carbocycles. The van der Waals surface area contributed by atoms with Crippen LogP contribution in [0.3, 0.4) is 0 Å². The number of rotatable bonds is 10. The summed E-state index contributed by atoms with van der Waals surface area (Å²) in [6.07, 6.45) is 5.05. The van der Waals surface area contributed by atoms with Gasteiger partial charge in [-0.25, -0.2) is 4.98 Å². The monoisotopic (exact) mass is 457 g/mol. The molecule has 3 rings (SSSR count). The number of para-hydroxylation sites is 1. The quantitative estimate of drug-likeness (QED) is 0.244. The number of hydrogen-bond acceptors (Lipinski definition) is 4. The Morgan fingerprint density at radius 3 is 2.68 bits per heavy atom. The highest BCUT2D eigenvalue weighted by Gasteiger charge is 2.22. The van der Waals surface area contributed by atoms with Crippen molar-refractivity contribution < 1.29 is 4.79 Å². The van der Waals surface area contributed by atoms with Gasteiger partial charge in [-0.2, -0.15) is 0 Å². The van der Waals surface area contributed by atoms with Gasteiger partial charge in [-0.05, 0) is 43.2 Å². The van der Waals surface area contributed by atoms with E-state index in [1.807, 2.05) is 31.2 Å². The molecule has 0 fully saturated rings. The topological polar surface area (TPSA) is 64.0 Å². The van der Waals surface area contributed by atoms with Gasteiger partial charge in [0.2, 0.25) is 5.91 Å². The third-order valence-electron chi connectivity index (χ3n) is 5.05. The molecule has 2 aromatic carbocycles. The Morgan fingerprint density at radius 1 is 1.13 bits per heavy atom. The zero-order valence-corrected chi connectivity index (χ0v) is 19.5. The van der Waals surface area contributed by atoms with Crippen LogP contribution in [-0.4, -0.2) is 27.3 Å². The van der Waals surface area contributed by atoms with Crippen molar-refractivity contribution in [1.29, 1.82) is 0 Å². The molecule has 0 aliphatic rings. The van der Waals surface area contributed by atoms with Crippen LogP contribution >= 0.6 is 23.4 Å². The molecule has 0 radical (unpaired) electrons. The number of thioether (sulfide) groups is 1. The fourth-order valence-corrected chi connectivity index (χ4v) is 4.60. The average Bonchev–Trinajstić information content (AvgIpc) is 2.77. The third-order valence-corrected chi connectivity index (χ3v) is 6.60. The molecule has 1 atom stereocenters. The highest BCUT2D eigenvalue weighted by Crippen LogP contribution is 2.27. The number of aromatic nitrogens is 2. The van der Waals surface area contributed by atoms with Crippen LogP contribution < -0.4 is 10.9 Å². The molecule has 1 heterocycles. The molecule has 0 spiro atoms. The summed E-state index contributed by atoms with van der Waals surface area (Å²) in [5.74, 6) is -0.0240. The smallest absolute Gasteiger partial charge is 0.266 e. The summed E-state index contributed by atoms with van der Waals surface area (Å²) in [7, 11) is 0. The maximum atomic E-state index is 13.3. The van der Waals surface area contributed by atoms with Crippen molar-refractivity contribution in [2.75, 3.05) is 6.54 Å². The number of nitrogens with one attached hydrogen (secondary N) is 1. The largest absolute Gasteiger partial charge is 0.355 e. The van der Waals surface area contributed by atoms with Gasteiger partial charge in [0.1, 0.15) is 0 Å². The van der Waals surface area contributed by atoms with Crippen LogP contribution in [-0.2, 0) is 4.79 Å². The van der Waals surface area contributed by atoms with E-state index in [2.05, 4.69) is 12.2 Å². The van der Waals surface area contributed by atoms with Gasteiger partial charge < -0.3 is 5.32 Å². The molecule has 164 valence electrons. The molecule has 0 saturated heterocycles. The number of carbonyl (C=O) groups is 1. The zero-order valence-electron chi connectivity index (χ0n) is 17.9. The van der Waals surface area contributed by atoms with Crippen LogP contribution in [0.1, 0.15) is 46.0 Å². The summed E-state index contributed by atoms with van der Waals surface area (Å²) in [5.41, 5.74) is 1.07. The minimum absolute atomic E-state index is 0.0240. The van der Waals surface area contributed by atoms with E-state index in [1.54, 1.807) is 28.8 Å². The van der Waals surface area contributed by atoms with Gasteiger partial charge in [0.15, 0.2) is 5.16 Å². The SMILES string of the molecule is CCCCCCNC(=O)C(CC)Sc1nc2ccccc2c(=O)n1-c1cccc(Cl)c1. The molecule has 3 aromatic rings. The van der Waals surface area contributed by atoms with E-state index in [1.165, 1.54) is 18.2 Å². The minimum Gasteiger partial charge on any atom is -0.355 e. The maximum absolute atomic E-state index is 13.3. The van der Waals surface area contributed by atoms with E-state index in [9.17, 15) is 9.59 Å². The summed E-state index contributed by atoms with van der Waals surface area (Å²) < 4.78 is 1.55. The minimum atomic E-state index is -0.343. The van der Waals surface area contributed by atoms with Crippen molar-refractivity contribution in [1.82, 2.24) is 14.9 Å². The lowest BCUT2D eigenvalue weighted by Crippen LogP contribution is -2.34. The number of nitrogens with zero attached hydrogens (tertiary/aromatic N) is 2. The molecule has 1 amide bonds. The third kappa shape index (κ3) is 5.89. The first-order valence-electron chi connectivity index (χ1n) is 10.8. The van der Waals surface area contributed by atoms with Crippen molar-refractivity contribution >= 4 is 40.2 Å². The first-order valence-corrected chi connectivity index (χ1v) is 12.0. The Kier molecular flexibility index (Phi) is 8.55. The summed E-state index contributed by atoms with van der Waals surface area (Å²) in [6, 6.07) is 14.4. The summed E-state index contributed by atoms with van der Waals surface area (Å²) >= 11 is 7.51. The maximum Gasteiger partial charge on any atom is 0.266 e. The first-order chi connectivity index (χ1) is 15.0. The van der Waals surface area contributed by atoms with Crippen LogP contribution in [0, 0.1) is 0 Å². The molecule has 7 heteroatoms. The molecule has 0 bridgehead atoms. The lowest BCUT2D eigenvalue weighted by Gasteiger charge is -2.18. The second-order valence-electron chi connectivity index (χ2n) is 7.40. The average molecular weight is 458 g/mol. The van der Waals surface area contributed by atoms with Gasteiger partial charge in [0.25, 0.3) is 5.56 Å². The highest BCUT2D eigenvalue weighted by molar-refractivity contribution is 8.00. The van der Waals surface area contributed by atoms with E-state index in [0.29, 0.717) is 39.7 Å². The first kappa shape index (κ1) is 23.4. The molecule has 1 unspecified atom stereocenters. The number of amides is 1. The lowest BCUT2D eigenvalue weighted by molar-refractivity contribution is -0.120. The van der Waals surface area contributed by atoms with Gasteiger partial charge in [0, 0.05) is 11.6 Å². The van der Waals surface area contributed by atoms with Gasteiger partial charge in [-0.1, -0.05) is 74.7 Å². The normalized spacial score (nSPS) is 12.1. The molecule has 0 aliphatic carbocycles. The van der Waals surface area contributed by atoms with Gasteiger partial charge in [-0.15, -0.1) is 0 Å². The Morgan fingerprint density at radius 2 is 1.94 bits per heavy atom. The number of carbonyl (C=O) groups excluding carboxylic acids is 1. The van der Waals surface area contributed by atoms with E-state index in [4.69, 9.17) is 16.6 Å². The van der Waals surface area contributed by atoms with Gasteiger partial charge in [-0.3, -0.25) is 14.2 Å². The van der Waals surface area contributed by atoms with Crippen LogP contribution in [0.25, 0.3) is 16.6 Å². The van der Waals surface area contributed by atoms with Crippen LogP contribution in [0.2, 0.25) is 5.02 Å². The number of halogens is 1. The predicted molar refractivity (Wildman–Crippen MR) is 129 cm³/mol. The number of benzene rings is 2. The molecular weight excluding hydrogens is 430 g/mol. The van der Waals surface area contributed by atoms with E-state index >= 15 is 0 Å². The molecular formula is C24H28ClN3O2S. The van der Waals surface area contributed by atoms with Crippen molar-refractivity contribution in [3.63, 3.8) is 0 Å². The van der Waals surface area contributed by atoms with Crippen molar-refractivity contribution in [3.8, 4) is 5.69 Å². The second-order valence-corrected chi connectivity index (χ2v) is 9.00. The standard InChI is InChI=1S/C24H28ClN3O2S/c1-3-5-6-9-15-26-22(29)21(4-2)31-24-27-20-14-8-7-13-19(20)23(30)28(24)18-12-10-11-17(25)16-18/h7-8,10-14,16,21H,3-6,9,15H2,1-2H3,(H,26,29). The van der Waals surface area contributed by atoms with Crippen molar-refractivity contribution in [2.24, 2.45) is 0 Å². The Balaban J connectivity index is 1.93. The fraction of sp³-hybridized carbons (Fsp3) is 0.375. The highest BCUT2D eigenvalue weighted by atomic mass is 35.5. The fourth-order valence-electron chi connectivity index (χ4n) is 3.36. The lowest BCUT2D eigenvalue weighted by atomic mass is 10.2. The van der Waals surface area contributed by atoms with E-state index < -0.39 is 0 Å². The van der Waals surface area contributed by atoms with E-state index in [-0.39, 0.29) is 16.7 Å². The molecule has 31 heavy (non-hydrogen) atoms. The van der Waals surface area contributed by atoms with Crippen LogP contribution in [0.5, 0.6) is 0 Å². The number of hydrogen-bond donors (Lipinski definition) is 1. The molecule has 0 aliphatic heterocycles. The second kappa shape index (κ2) is 11.3. The van der Waals surface area contributed by atoms with Crippen LogP contribution in [0.15, 0.2) is 58.5 Å². The molecule has 1 aromatic heterocycles. The molecule has 5 nitrogen and oxygen atoms in total. The zero-order chi connectivity index (χ0) is 22.2. The number of unbranched alkanes of at least 4 members (excludes halogenated alkanes) is 3. The van der Waals surface area contributed by atoms with Crippen molar-refractivity contribution in [3.05, 3.63) is 63.9 Å². The number of fused-ring (bicyclic) bond motifs is 1. The Hall–Kier alpha value is -2.31. The summed E-state index contributed by atoms with van der Waals surface area (Å²) in [6.45, 7) is 4.80. The van der Waals surface area contributed by atoms with Gasteiger partial charge >= 0.3 is 0 Å². The van der Waals surface area contributed by atoms with Crippen molar-refractivity contribution in [2.45, 2.75) is 56.4 Å². The molecule has 1 N–H and O–H groups in total. The van der Waals surface area contributed by atoms with Crippen LogP contribution in [0.4, 0.5) is 0 Å². The summed E-state index contributed by atoms with van der Waals surface area (Å²) in [5, 5.41) is 4.24. The van der Waals surface area contributed by atoms with E-state index in [0.717, 1.165) is 19.3 Å². The Bertz CT molecular complexity index is 1100. The van der Waals surface area contributed by atoms with Gasteiger partial charge in [0.05, 0.1) is 21.8 Å². The Labute approximate surface area is 192 Å². The summed E-state index contributed by atoms with van der Waals surface area (Å²) in [4.78, 5) is 30.9.